The molecule has 2 aromatic heterocycles. The predicted molar refractivity (Wildman–Crippen MR) is 117 cm³/mol. The standard InChI is InChI=1S/C22H27N7O2/c1-22(24)9-7-13(8-10-22)16-18(20-28-25-12-31-20)26-17(19(23)27-16)14-5-4-6-15(11-14)21(30)29(2)3/h4-6,11-13H,7-10,24H2,1-3H3,(H2,23,27). The van der Waals surface area contributed by atoms with Gasteiger partial charge in [0, 0.05) is 36.7 Å². The van der Waals surface area contributed by atoms with Crippen LogP contribution in [-0.4, -0.2) is 50.6 Å². The molecule has 2 heterocycles. The van der Waals surface area contributed by atoms with E-state index in [4.69, 9.17) is 25.9 Å². The zero-order valence-corrected chi connectivity index (χ0v) is 18.0. The predicted octanol–water partition coefficient (Wildman–Crippen LogP) is 2.85. The van der Waals surface area contributed by atoms with Crippen LogP contribution in [0.25, 0.3) is 22.8 Å². The Labute approximate surface area is 180 Å². The minimum Gasteiger partial charge on any atom is -0.422 e. The average Bonchev–Trinajstić information content (AvgIpc) is 3.28. The number of nitrogens with zero attached hydrogens (tertiary/aromatic N) is 5. The van der Waals surface area contributed by atoms with Gasteiger partial charge >= 0.3 is 0 Å². The molecule has 1 fully saturated rings. The Bertz CT molecular complexity index is 1080. The van der Waals surface area contributed by atoms with Crippen LogP contribution in [0.5, 0.6) is 0 Å². The van der Waals surface area contributed by atoms with Gasteiger partial charge in [-0.2, -0.15) is 0 Å². The average molecular weight is 422 g/mol. The van der Waals surface area contributed by atoms with E-state index in [1.54, 1.807) is 32.3 Å². The monoisotopic (exact) mass is 421 g/mol. The first kappa shape index (κ1) is 20.9. The van der Waals surface area contributed by atoms with Gasteiger partial charge in [0.1, 0.15) is 17.2 Å². The Hall–Kier alpha value is -3.33. The Morgan fingerprint density at radius 1 is 1.19 bits per heavy atom. The summed E-state index contributed by atoms with van der Waals surface area (Å²) in [5.74, 6) is 0.650. The van der Waals surface area contributed by atoms with Crippen LogP contribution in [0.1, 0.15) is 54.6 Å². The molecule has 4 N–H and O–H groups in total. The molecule has 1 amide bonds. The maximum atomic E-state index is 12.4. The summed E-state index contributed by atoms with van der Waals surface area (Å²) in [5.41, 5.74) is 15.5. The topological polar surface area (TPSA) is 137 Å². The van der Waals surface area contributed by atoms with E-state index >= 15 is 0 Å². The molecule has 0 aliphatic heterocycles. The fraction of sp³-hybridized carbons (Fsp3) is 0.409. The summed E-state index contributed by atoms with van der Waals surface area (Å²) in [4.78, 5) is 23.5. The molecule has 162 valence electrons. The minimum atomic E-state index is -0.167. The van der Waals surface area contributed by atoms with Gasteiger partial charge in [-0.25, -0.2) is 9.97 Å². The second-order valence-electron chi connectivity index (χ2n) is 8.64. The normalized spacial score (nSPS) is 21.1. The maximum absolute atomic E-state index is 12.4. The van der Waals surface area contributed by atoms with Crippen LogP contribution < -0.4 is 11.5 Å². The van der Waals surface area contributed by atoms with Crippen LogP contribution in [0.2, 0.25) is 0 Å². The summed E-state index contributed by atoms with van der Waals surface area (Å²) in [6, 6.07) is 7.18. The van der Waals surface area contributed by atoms with Crippen molar-refractivity contribution in [3.8, 4) is 22.8 Å². The van der Waals surface area contributed by atoms with Crippen molar-refractivity contribution in [3.63, 3.8) is 0 Å². The summed E-state index contributed by atoms with van der Waals surface area (Å²) in [5, 5.41) is 7.86. The summed E-state index contributed by atoms with van der Waals surface area (Å²) >= 11 is 0. The molecule has 3 aromatic rings. The largest absolute Gasteiger partial charge is 0.422 e. The number of nitrogens with two attached hydrogens (primary N) is 2. The van der Waals surface area contributed by atoms with Crippen LogP contribution in [0, 0.1) is 0 Å². The van der Waals surface area contributed by atoms with Gasteiger partial charge < -0.3 is 20.8 Å². The van der Waals surface area contributed by atoms with E-state index in [9.17, 15) is 4.79 Å². The zero-order chi connectivity index (χ0) is 22.2. The molecule has 0 unspecified atom stereocenters. The number of hydrogen-bond donors (Lipinski definition) is 2. The first-order chi connectivity index (χ1) is 14.7. The van der Waals surface area contributed by atoms with E-state index in [0.717, 1.165) is 31.4 Å². The van der Waals surface area contributed by atoms with Gasteiger partial charge in [0.25, 0.3) is 11.8 Å². The molecular formula is C22H27N7O2. The highest BCUT2D eigenvalue weighted by molar-refractivity contribution is 5.95. The van der Waals surface area contributed by atoms with Gasteiger partial charge in [-0.3, -0.25) is 4.79 Å². The van der Waals surface area contributed by atoms with Crippen molar-refractivity contribution in [1.29, 1.82) is 0 Å². The van der Waals surface area contributed by atoms with Crippen molar-refractivity contribution >= 4 is 11.7 Å². The molecule has 0 saturated heterocycles. The lowest BCUT2D eigenvalue weighted by Gasteiger charge is -2.34. The van der Waals surface area contributed by atoms with E-state index in [0.29, 0.717) is 34.2 Å². The van der Waals surface area contributed by atoms with Crippen LogP contribution in [0.15, 0.2) is 35.1 Å². The third kappa shape index (κ3) is 4.27. The lowest BCUT2D eigenvalue weighted by molar-refractivity contribution is 0.0827. The summed E-state index contributed by atoms with van der Waals surface area (Å²) in [6.07, 6.45) is 4.81. The Morgan fingerprint density at radius 2 is 1.94 bits per heavy atom. The number of carbonyl (C=O) groups excluding carboxylic acids is 1. The van der Waals surface area contributed by atoms with Gasteiger partial charge in [-0.05, 0) is 44.7 Å². The van der Waals surface area contributed by atoms with E-state index in [1.807, 2.05) is 6.07 Å². The molecule has 0 radical (unpaired) electrons. The zero-order valence-electron chi connectivity index (χ0n) is 18.0. The van der Waals surface area contributed by atoms with Crippen LogP contribution in [0.4, 0.5) is 5.82 Å². The number of aromatic nitrogens is 4. The third-order valence-corrected chi connectivity index (χ3v) is 5.82. The number of benzene rings is 1. The second-order valence-corrected chi connectivity index (χ2v) is 8.64. The smallest absolute Gasteiger partial charge is 0.268 e. The number of amides is 1. The number of carbonyl (C=O) groups is 1. The highest BCUT2D eigenvalue weighted by Gasteiger charge is 2.32. The van der Waals surface area contributed by atoms with Crippen molar-refractivity contribution in [1.82, 2.24) is 25.1 Å². The highest BCUT2D eigenvalue weighted by Crippen LogP contribution is 2.40. The van der Waals surface area contributed by atoms with Crippen molar-refractivity contribution < 1.29 is 9.21 Å². The Kier molecular flexibility index (Phi) is 5.45. The summed E-state index contributed by atoms with van der Waals surface area (Å²) < 4.78 is 5.47. The van der Waals surface area contributed by atoms with Crippen LogP contribution in [-0.2, 0) is 0 Å². The van der Waals surface area contributed by atoms with Crippen LogP contribution in [0.3, 0.4) is 0 Å². The third-order valence-electron chi connectivity index (χ3n) is 5.82. The Morgan fingerprint density at radius 3 is 2.58 bits per heavy atom. The number of hydrogen-bond acceptors (Lipinski definition) is 8. The SMILES string of the molecule is CN(C)C(=O)c1cccc(-c2nc(-c3nnco3)c(C3CCC(C)(N)CC3)nc2N)c1. The summed E-state index contributed by atoms with van der Waals surface area (Å²) in [7, 11) is 3.42. The van der Waals surface area contributed by atoms with E-state index < -0.39 is 0 Å². The molecule has 0 bridgehead atoms. The fourth-order valence-corrected chi connectivity index (χ4v) is 4.00. The van der Waals surface area contributed by atoms with Gasteiger partial charge in [0.2, 0.25) is 6.39 Å². The number of nitrogen functional groups attached to an aromatic ring is 1. The Balaban J connectivity index is 1.79. The lowest BCUT2D eigenvalue weighted by Crippen LogP contribution is -2.39. The number of anilines is 1. The van der Waals surface area contributed by atoms with E-state index in [-0.39, 0.29) is 17.4 Å². The van der Waals surface area contributed by atoms with Crippen molar-refractivity contribution in [2.75, 3.05) is 19.8 Å². The summed E-state index contributed by atoms with van der Waals surface area (Å²) in [6.45, 7) is 2.08. The molecule has 9 heteroatoms. The molecule has 1 saturated carbocycles. The van der Waals surface area contributed by atoms with Crippen molar-refractivity contribution in [2.24, 2.45) is 5.73 Å². The quantitative estimate of drug-likeness (QED) is 0.656. The molecule has 31 heavy (non-hydrogen) atoms. The number of rotatable bonds is 4. The van der Waals surface area contributed by atoms with Crippen LogP contribution >= 0.6 is 0 Å². The van der Waals surface area contributed by atoms with Gasteiger partial charge in [0.05, 0.1) is 5.69 Å². The van der Waals surface area contributed by atoms with Crippen molar-refractivity contribution in [2.45, 2.75) is 44.1 Å². The molecule has 1 aliphatic carbocycles. The first-order valence-corrected chi connectivity index (χ1v) is 10.3. The molecule has 1 aromatic carbocycles. The molecule has 0 atom stereocenters. The van der Waals surface area contributed by atoms with E-state index in [1.165, 1.54) is 11.3 Å². The maximum Gasteiger partial charge on any atom is 0.268 e. The molecule has 1 aliphatic rings. The first-order valence-electron chi connectivity index (χ1n) is 10.3. The van der Waals surface area contributed by atoms with Gasteiger partial charge in [-0.1, -0.05) is 12.1 Å². The molecule has 9 nitrogen and oxygen atoms in total. The lowest BCUT2D eigenvalue weighted by atomic mass is 9.76. The highest BCUT2D eigenvalue weighted by atomic mass is 16.4. The molecule has 4 rings (SSSR count). The molecule has 0 spiro atoms. The minimum absolute atomic E-state index is 0.103. The van der Waals surface area contributed by atoms with Gasteiger partial charge in [0.15, 0.2) is 0 Å². The van der Waals surface area contributed by atoms with Gasteiger partial charge in [-0.15, -0.1) is 10.2 Å². The van der Waals surface area contributed by atoms with E-state index in [2.05, 4.69) is 17.1 Å². The molecular weight excluding hydrogens is 394 g/mol. The second kappa shape index (κ2) is 8.07. The fourth-order valence-electron chi connectivity index (χ4n) is 4.00. The van der Waals surface area contributed by atoms with Crippen molar-refractivity contribution in [3.05, 3.63) is 41.9 Å².